The van der Waals surface area contributed by atoms with Crippen LogP contribution in [0.1, 0.15) is 58.8 Å². The Kier molecular flexibility index (Phi) is 2.78. The normalized spacial score (nSPS) is 49.2. The summed E-state index contributed by atoms with van der Waals surface area (Å²) in [5, 5.41) is 0. The maximum absolute atomic E-state index is 12.3. The topological polar surface area (TPSA) is 46.5 Å². The first-order valence-corrected chi connectivity index (χ1v) is 8.55. The van der Waals surface area contributed by atoms with Gasteiger partial charge in [-0.25, -0.2) is 0 Å². The molecular weight excluding hydrogens is 262 g/mol. The molecule has 0 amide bonds. The second-order valence-corrected chi connectivity index (χ2v) is 8.23. The predicted octanol–water partition coefficient (Wildman–Crippen LogP) is 3.21. The second-order valence-electron chi connectivity index (χ2n) is 8.23. The zero-order valence-electron chi connectivity index (χ0n) is 13.2. The Balaban J connectivity index is 1.72. The summed E-state index contributed by atoms with van der Waals surface area (Å²) < 4.78 is 0. The summed E-state index contributed by atoms with van der Waals surface area (Å²) in [6.45, 7) is 5.18. The van der Waals surface area contributed by atoms with E-state index in [1.165, 1.54) is 5.71 Å². The van der Waals surface area contributed by atoms with Crippen molar-refractivity contribution in [2.45, 2.75) is 58.8 Å². The molecule has 0 aromatic heterocycles. The van der Waals surface area contributed by atoms with Crippen molar-refractivity contribution in [1.82, 2.24) is 0 Å². The summed E-state index contributed by atoms with van der Waals surface area (Å²) in [6.07, 6.45) is 6.54. The molecule has 21 heavy (non-hydrogen) atoms. The third-order valence-corrected chi connectivity index (χ3v) is 7.26. The van der Waals surface area contributed by atoms with Crippen LogP contribution in [-0.2, 0) is 9.59 Å². The number of carbonyl (C=O) groups excluding carboxylic acids is 2. The van der Waals surface area contributed by atoms with Crippen molar-refractivity contribution in [1.29, 1.82) is 0 Å². The lowest BCUT2D eigenvalue weighted by molar-refractivity contribution is -0.126. The maximum atomic E-state index is 12.3. The summed E-state index contributed by atoms with van der Waals surface area (Å²) in [7, 11) is 0. The number of rotatable bonds is 0. The molecule has 3 heteroatoms. The summed E-state index contributed by atoms with van der Waals surface area (Å²) in [4.78, 5) is 29.1. The maximum Gasteiger partial charge on any atom is 0.140 e. The molecule has 0 aromatic rings. The fraction of sp³-hybridized carbons (Fsp3) is 0.833. The van der Waals surface area contributed by atoms with E-state index < -0.39 is 0 Å². The summed E-state index contributed by atoms with van der Waals surface area (Å²) in [5.41, 5.74) is 1.31. The number of aliphatic imine (C=N–C) groups is 1. The highest BCUT2D eigenvalue weighted by atomic mass is 16.1. The molecule has 1 heterocycles. The van der Waals surface area contributed by atoms with Crippen LogP contribution in [0.3, 0.4) is 0 Å². The minimum Gasteiger partial charge on any atom is -0.300 e. The molecule has 3 nitrogen and oxygen atoms in total. The molecule has 0 N–H and O–H groups in total. The molecule has 4 rings (SSSR count). The highest BCUT2D eigenvalue weighted by Crippen LogP contribution is 2.57. The van der Waals surface area contributed by atoms with Gasteiger partial charge in [0.25, 0.3) is 0 Å². The third-order valence-electron chi connectivity index (χ3n) is 7.26. The smallest absolute Gasteiger partial charge is 0.140 e. The molecule has 5 atom stereocenters. The lowest BCUT2D eigenvalue weighted by Gasteiger charge is -2.53. The highest BCUT2D eigenvalue weighted by molar-refractivity contribution is 5.98. The van der Waals surface area contributed by atoms with Gasteiger partial charge in [0.2, 0.25) is 0 Å². The Bertz CT molecular complexity index is 551. The van der Waals surface area contributed by atoms with E-state index in [1.54, 1.807) is 0 Å². The van der Waals surface area contributed by atoms with E-state index in [0.717, 1.165) is 44.9 Å². The molecule has 3 saturated carbocycles. The van der Waals surface area contributed by atoms with Gasteiger partial charge in [0.15, 0.2) is 0 Å². The van der Waals surface area contributed by atoms with Crippen LogP contribution in [0.5, 0.6) is 0 Å². The van der Waals surface area contributed by atoms with Crippen molar-refractivity contribution in [3.8, 4) is 0 Å². The Hall–Kier alpha value is -0.990. The molecule has 3 aliphatic carbocycles. The number of hydrogen-bond acceptors (Lipinski definition) is 3. The van der Waals surface area contributed by atoms with Crippen molar-refractivity contribution in [3.63, 3.8) is 0 Å². The lowest BCUT2D eigenvalue weighted by Crippen LogP contribution is -2.54. The molecule has 114 valence electrons. The van der Waals surface area contributed by atoms with Crippen molar-refractivity contribution in [3.05, 3.63) is 0 Å². The van der Waals surface area contributed by atoms with Gasteiger partial charge in [-0.15, -0.1) is 0 Å². The number of ketones is 2. The van der Waals surface area contributed by atoms with Crippen LogP contribution in [0.15, 0.2) is 4.99 Å². The van der Waals surface area contributed by atoms with Crippen LogP contribution in [0.25, 0.3) is 0 Å². The van der Waals surface area contributed by atoms with E-state index in [-0.39, 0.29) is 10.8 Å². The van der Waals surface area contributed by atoms with E-state index in [1.807, 2.05) is 0 Å². The van der Waals surface area contributed by atoms with Crippen LogP contribution in [0.4, 0.5) is 0 Å². The zero-order valence-corrected chi connectivity index (χ0v) is 13.2. The zero-order chi connectivity index (χ0) is 14.8. The number of nitrogens with zero attached hydrogens (tertiary/aromatic N) is 1. The number of fused-ring (bicyclic) bond motifs is 5. The Morgan fingerprint density at radius 3 is 2.67 bits per heavy atom. The van der Waals surface area contributed by atoms with Gasteiger partial charge in [-0.1, -0.05) is 13.8 Å². The fourth-order valence-corrected chi connectivity index (χ4v) is 5.79. The molecule has 0 radical (unpaired) electrons. The molecular formula is C18H25NO2. The lowest BCUT2D eigenvalue weighted by atomic mass is 9.52. The molecule has 0 saturated heterocycles. The molecule has 0 spiro atoms. The summed E-state index contributed by atoms with van der Waals surface area (Å²) >= 11 is 0. The molecule has 4 aliphatic rings. The largest absolute Gasteiger partial charge is 0.300 e. The first-order valence-electron chi connectivity index (χ1n) is 8.55. The van der Waals surface area contributed by atoms with Crippen LogP contribution in [-0.4, -0.2) is 23.8 Å². The second kappa shape index (κ2) is 4.27. The van der Waals surface area contributed by atoms with Gasteiger partial charge < -0.3 is 0 Å². The van der Waals surface area contributed by atoms with Crippen LogP contribution >= 0.6 is 0 Å². The van der Waals surface area contributed by atoms with Crippen molar-refractivity contribution >= 4 is 17.3 Å². The Morgan fingerprint density at radius 1 is 1.05 bits per heavy atom. The van der Waals surface area contributed by atoms with Gasteiger partial charge in [0.1, 0.15) is 11.6 Å². The van der Waals surface area contributed by atoms with E-state index >= 15 is 0 Å². The molecule has 1 aliphatic heterocycles. The SMILES string of the molecule is C[C@]12CCC(=O)C[C@@H]1CC[C@@H]1C2=NC[C@]2(C)C(=O)CC[C@@H]12. The number of Topliss-reactive ketones (excluding diaryl/α,β-unsaturated/α-hetero) is 2. The molecule has 0 unspecified atom stereocenters. The Labute approximate surface area is 126 Å². The standard InChI is InChI=1S/C18H25NO2/c1-17-8-7-12(20)9-11(17)3-4-13-14-5-6-15(21)18(14,2)10-19-16(13)17/h11,13-14H,3-10H2,1-2H3/t11-,13-,14-,17-,18-/m0/s1. The van der Waals surface area contributed by atoms with Crippen LogP contribution in [0, 0.1) is 28.6 Å². The van der Waals surface area contributed by atoms with E-state index in [2.05, 4.69) is 13.8 Å². The monoisotopic (exact) mass is 287 g/mol. The predicted molar refractivity (Wildman–Crippen MR) is 81.3 cm³/mol. The van der Waals surface area contributed by atoms with Gasteiger partial charge in [-0.3, -0.25) is 14.6 Å². The van der Waals surface area contributed by atoms with Crippen molar-refractivity contribution < 1.29 is 9.59 Å². The third kappa shape index (κ3) is 1.69. The summed E-state index contributed by atoms with van der Waals surface area (Å²) in [5.74, 6) is 2.38. The number of hydrogen-bond donors (Lipinski definition) is 0. The van der Waals surface area contributed by atoms with E-state index in [4.69, 9.17) is 4.99 Å². The van der Waals surface area contributed by atoms with Crippen molar-refractivity contribution in [2.24, 2.45) is 33.6 Å². The van der Waals surface area contributed by atoms with Gasteiger partial charge in [0.05, 0.1) is 6.54 Å². The highest BCUT2D eigenvalue weighted by Gasteiger charge is 2.58. The van der Waals surface area contributed by atoms with Crippen LogP contribution < -0.4 is 0 Å². The number of carbonyl (C=O) groups is 2. The quantitative estimate of drug-likeness (QED) is 0.687. The van der Waals surface area contributed by atoms with Gasteiger partial charge in [0, 0.05) is 41.7 Å². The average molecular weight is 287 g/mol. The van der Waals surface area contributed by atoms with E-state index in [9.17, 15) is 9.59 Å². The molecule has 0 aromatic carbocycles. The average Bonchev–Trinajstić information content (AvgIpc) is 2.76. The van der Waals surface area contributed by atoms with E-state index in [0.29, 0.717) is 35.9 Å². The summed E-state index contributed by atoms with van der Waals surface area (Å²) in [6, 6.07) is 0. The minimum absolute atomic E-state index is 0.129. The first kappa shape index (κ1) is 13.7. The van der Waals surface area contributed by atoms with Crippen LogP contribution in [0.2, 0.25) is 0 Å². The Morgan fingerprint density at radius 2 is 1.86 bits per heavy atom. The van der Waals surface area contributed by atoms with Crippen molar-refractivity contribution in [2.75, 3.05) is 6.54 Å². The van der Waals surface area contributed by atoms with Gasteiger partial charge in [-0.05, 0) is 37.5 Å². The van der Waals surface area contributed by atoms with Gasteiger partial charge >= 0.3 is 0 Å². The van der Waals surface area contributed by atoms with Gasteiger partial charge in [-0.2, -0.15) is 0 Å². The minimum atomic E-state index is -0.193. The molecule has 0 bridgehead atoms. The fourth-order valence-electron chi connectivity index (χ4n) is 5.79. The first-order chi connectivity index (χ1) is 9.95. The molecule has 3 fully saturated rings.